The zero-order chi connectivity index (χ0) is 21.1. The number of carbonyl (C=O) groups excluding carboxylic acids is 4. The highest BCUT2D eigenvalue weighted by Gasteiger charge is 2.51. The monoisotopic (exact) mass is 397 g/mol. The van der Waals surface area contributed by atoms with Crippen LogP contribution in [0.15, 0.2) is 24.3 Å². The molecular formula is C21H23N3O5. The molecule has 0 bridgehead atoms. The third kappa shape index (κ3) is 4.14. The average Bonchev–Trinajstić information content (AvgIpc) is 2.98. The molecule has 29 heavy (non-hydrogen) atoms. The van der Waals surface area contributed by atoms with E-state index in [1.165, 1.54) is 19.9 Å². The van der Waals surface area contributed by atoms with Crippen LogP contribution >= 0.6 is 0 Å². The van der Waals surface area contributed by atoms with Crippen molar-refractivity contribution in [2.24, 2.45) is 11.8 Å². The van der Waals surface area contributed by atoms with Gasteiger partial charge in [-0.25, -0.2) is 4.79 Å². The van der Waals surface area contributed by atoms with Crippen LogP contribution in [0.5, 0.6) is 0 Å². The summed E-state index contributed by atoms with van der Waals surface area (Å²) >= 11 is 0. The Morgan fingerprint density at radius 3 is 2.38 bits per heavy atom. The van der Waals surface area contributed by atoms with Crippen LogP contribution in [0, 0.1) is 23.2 Å². The number of hydrogen-bond acceptors (Lipinski definition) is 6. The Hall–Kier alpha value is -3.21. The molecule has 152 valence electrons. The van der Waals surface area contributed by atoms with Gasteiger partial charge in [0.1, 0.15) is 6.04 Å². The molecule has 1 aliphatic heterocycles. The molecule has 1 saturated heterocycles. The average molecular weight is 397 g/mol. The molecule has 1 saturated carbocycles. The summed E-state index contributed by atoms with van der Waals surface area (Å²) < 4.78 is 5.20. The van der Waals surface area contributed by atoms with Crippen molar-refractivity contribution < 1.29 is 23.9 Å². The number of amides is 3. The minimum Gasteiger partial charge on any atom is -0.451 e. The molecule has 1 heterocycles. The first-order valence-corrected chi connectivity index (χ1v) is 9.72. The van der Waals surface area contributed by atoms with Crippen molar-refractivity contribution in [3.05, 3.63) is 29.8 Å². The number of hydrogen-bond donors (Lipinski definition) is 1. The van der Waals surface area contributed by atoms with Crippen LogP contribution in [-0.4, -0.2) is 40.7 Å². The maximum atomic E-state index is 12.6. The molecule has 1 N–H and O–H groups in total. The van der Waals surface area contributed by atoms with Crippen LogP contribution < -0.4 is 5.32 Å². The van der Waals surface area contributed by atoms with Crippen molar-refractivity contribution in [3.8, 4) is 6.07 Å². The van der Waals surface area contributed by atoms with E-state index in [-0.39, 0.29) is 23.7 Å². The van der Waals surface area contributed by atoms with Crippen molar-refractivity contribution >= 4 is 29.4 Å². The molecule has 1 aliphatic carbocycles. The molecule has 3 amide bonds. The molecule has 0 radical (unpaired) electrons. The summed E-state index contributed by atoms with van der Waals surface area (Å²) in [5.41, 5.74) is 0.785. The van der Waals surface area contributed by atoms with Crippen molar-refractivity contribution in [1.82, 2.24) is 4.90 Å². The summed E-state index contributed by atoms with van der Waals surface area (Å²) in [6.07, 6.45) is 1.99. The fourth-order valence-electron chi connectivity index (χ4n) is 3.91. The molecule has 1 aromatic carbocycles. The number of fused-ring (bicyclic) bond motifs is 1. The smallest absolute Gasteiger partial charge is 0.329 e. The van der Waals surface area contributed by atoms with E-state index in [0.29, 0.717) is 24.1 Å². The zero-order valence-corrected chi connectivity index (χ0v) is 16.4. The Morgan fingerprint density at radius 2 is 1.79 bits per heavy atom. The van der Waals surface area contributed by atoms with E-state index < -0.39 is 24.0 Å². The van der Waals surface area contributed by atoms with Gasteiger partial charge in [0.25, 0.3) is 5.91 Å². The van der Waals surface area contributed by atoms with Crippen LogP contribution in [-0.2, 0) is 23.9 Å². The highest BCUT2D eigenvalue weighted by atomic mass is 16.5. The second-order valence-electron chi connectivity index (χ2n) is 7.48. The molecule has 1 aromatic rings. The largest absolute Gasteiger partial charge is 0.451 e. The predicted octanol–water partition coefficient (Wildman–Crippen LogP) is 1.99. The number of carbonyl (C=O) groups is 4. The van der Waals surface area contributed by atoms with Gasteiger partial charge in [-0.3, -0.25) is 19.3 Å². The fraction of sp³-hybridized carbons (Fsp3) is 0.476. The third-order valence-electron chi connectivity index (χ3n) is 5.52. The van der Waals surface area contributed by atoms with Gasteiger partial charge in [-0.15, -0.1) is 0 Å². The first kappa shape index (κ1) is 20.5. The highest BCUT2D eigenvalue weighted by Crippen LogP contribution is 2.38. The number of nitrogens with zero attached hydrogens (tertiary/aromatic N) is 2. The van der Waals surface area contributed by atoms with Crippen molar-refractivity contribution in [1.29, 1.82) is 5.26 Å². The van der Waals surface area contributed by atoms with E-state index in [2.05, 4.69) is 5.32 Å². The van der Waals surface area contributed by atoms with E-state index in [0.717, 1.165) is 17.7 Å². The number of esters is 1. The number of nitriles is 1. The van der Waals surface area contributed by atoms with Crippen LogP contribution in [0.4, 0.5) is 5.69 Å². The SMILES string of the molecule is CC(OC(=O)C(C)N1C(=O)C2CCCCC2C1=O)C(=O)Nc1cccc(C#N)c1. The summed E-state index contributed by atoms with van der Waals surface area (Å²) in [4.78, 5) is 51.0. The number of ether oxygens (including phenoxy) is 1. The Kier molecular flexibility index (Phi) is 5.97. The number of benzene rings is 1. The van der Waals surface area contributed by atoms with Crippen LogP contribution in [0.3, 0.4) is 0 Å². The standard InChI is InChI=1S/C21H23N3O5/c1-12(24-19(26)16-8-3-4-9-17(16)20(24)27)21(28)29-13(2)18(25)23-15-7-5-6-14(10-15)11-22/h5-7,10,12-13,16-17H,3-4,8-9H2,1-2H3,(H,23,25). The van der Waals surface area contributed by atoms with Gasteiger partial charge in [0.15, 0.2) is 6.10 Å². The van der Waals surface area contributed by atoms with Crippen molar-refractivity contribution in [2.45, 2.75) is 51.7 Å². The van der Waals surface area contributed by atoms with Gasteiger partial charge < -0.3 is 10.1 Å². The minimum atomic E-state index is -1.13. The molecule has 0 aromatic heterocycles. The Morgan fingerprint density at radius 1 is 1.17 bits per heavy atom. The normalized spacial score (nSPS) is 23.0. The van der Waals surface area contributed by atoms with Crippen LogP contribution in [0.2, 0.25) is 0 Å². The summed E-state index contributed by atoms with van der Waals surface area (Å²) in [5.74, 6) is -2.73. The predicted molar refractivity (Wildman–Crippen MR) is 102 cm³/mol. The number of rotatable bonds is 5. The van der Waals surface area contributed by atoms with Crippen LogP contribution in [0.1, 0.15) is 45.1 Å². The highest BCUT2D eigenvalue weighted by molar-refractivity contribution is 6.08. The maximum Gasteiger partial charge on any atom is 0.329 e. The molecule has 3 rings (SSSR count). The summed E-state index contributed by atoms with van der Waals surface area (Å²) in [6, 6.07) is 7.22. The number of anilines is 1. The first-order valence-electron chi connectivity index (χ1n) is 9.72. The van der Waals surface area contributed by atoms with Gasteiger partial charge in [-0.05, 0) is 44.9 Å². The van der Waals surface area contributed by atoms with Crippen molar-refractivity contribution in [2.75, 3.05) is 5.32 Å². The summed E-state index contributed by atoms with van der Waals surface area (Å²) in [6.45, 7) is 2.85. The first-order chi connectivity index (χ1) is 13.8. The van der Waals surface area contributed by atoms with Crippen molar-refractivity contribution in [3.63, 3.8) is 0 Å². The summed E-state index contributed by atoms with van der Waals surface area (Å²) in [7, 11) is 0. The fourth-order valence-corrected chi connectivity index (χ4v) is 3.91. The van der Waals surface area contributed by atoms with E-state index in [1.807, 2.05) is 6.07 Å². The number of likely N-dealkylation sites (tertiary alicyclic amines) is 1. The molecule has 4 atom stereocenters. The molecule has 2 fully saturated rings. The molecule has 8 heteroatoms. The Bertz CT molecular complexity index is 867. The quantitative estimate of drug-likeness (QED) is 0.600. The van der Waals surface area contributed by atoms with E-state index >= 15 is 0 Å². The number of imide groups is 1. The van der Waals surface area contributed by atoms with Gasteiger partial charge in [0.05, 0.1) is 23.5 Å². The van der Waals surface area contributed by atoms with E-state index in [9.17, 15) is 19.2 Å². The molecule has 4 unspecified atom stereocenters. The summed E-state index contributed by atoms with van der Waals surface area (Å²) in [5, 5.41) is 11.5. The lowest BCUT2D eigenvalue weighted by Gasteiger charge is -2.23. The number of nitrogens with one attached hydrogen (secondary N) is 1. The second kappa shape index (κ2) is 8.43. The zero-order valence-electron chi connectivity index (χ0n) is 16.4. The minimum absolute atomic E-state index is 0.324. The third-order valence-corrected chi connectivity index (χ3v) is 5.52. The van der Waals surface area contributed by atoms with E-state index in [1.54, 1.807) is 18.2 Å². The lowest BCUT2D eigenvalue weighted by molar-refractivity contribution is -0.163. The van der Waals surface area contributed by atoms with Gasteiger partial charge in [0.2, 0.25) is 11.8 Å². The second-order valence-corrected chi connectivity index (χ2v) is 7.48. The van der Waals surface area contributed by atoms with E-state index in [4.69, 9.17) is 10.00 Å². The molecular weight excluding hydrogens is 374 g/mol. The van der Waals surface area contributed by atoms with Gasteiger partial charge in [-0.2, -0.15) is 5.26 Å². The topological polar surface area (TPSA) is 117 Å². The Labute approximate surface area is 168 Å². The van der Waals surface area contributed by atoms with Crippen LogP contribution in [0.25, 0.3) is 0 Å². The Balaban J connectivity index is 1.61. The molecule has 8 nitrogen and oxygen atoms in total. The molecule has 2 aliphatic rings. The van der Waals surface area contributed by atoms with Gasteiger partial charge in [-0.1, -0.05) is 18.9 Å². The van der Waals surface area contributed by atoms with Gasteiger partial charge in [0, 0.05) is 5.69 Å². The molecule has 0 spiro atoms. The maximum absolute atomic E-state index is 12.6. The lowest BCUT2D eigenvalue weighted by Crippen LogP contribution is -2.46. The lowest BCUT2D eigenvalue weighted by atomic mass is 9.81. The van der Waals surface area contributed by atoms with Gasteiger partial charge >= 0.3 is 5.97 Å².